The second-order valence-electron chi connectivity index (χ2n) is 5.42. The Hall–Kier alpha value is -1.44. The van der Waals surface area contributed by atoms with Crippen LogP contribution >= 0.6 is 11.8 Å². The number of carbonyl (C=O) groups is 3. The van der Waals surface area contributed by atoms with Crippen molar-refractivity contribution in [2.75, 3.05) is 6.54 Å². The van der Waals surface area contributed by atoms with E-state index in [0.717, 1.165) is 25.7 Å². The van der Waals surface area contributed by atoms with Gasteiger partial charge >= 0.3 is 18.0 Å². The Labute approximate surface area is 140 Å². The van der Waals surface area contributed by atoms with Gasteiger partial charge in [-0.1, -0.05) is 26.2 Å². The van der Waals surface area contributed by atoms with Crippen LogP contribution in [-0.4, -0.2) is 46.5 Å². The molecule has 0 aliphatic heterocycles. The van der Waals surface area contributed by atoms with Crippen LogP contribution in [0.4, 0.5) is 4.79 Å². The van der Waals surface area contributed by atoms with E-state index in [-0.39, 0.29) is 13.0 Å². The lowest BCUT2D eigenvalue weighted by Crippen LogP contribution is -2.38. The summed E-state index contributed by atoms with van der Waals surface area (Å²) in [7, 11) is 0. The minimum Gasteiger partial charge on any atom is -0.480 e. The molecular weight excluding hydrogens is 322 g/mol. The monoisotopic (exact) mass is 347 g/mol. The molecule has 0 radical (unpaired) electrons. The number of alkyl carbamates (subject to hydrolysis) is 1. The number of hydrogen-bond donors (Lipinski definition) is 2. The van der Waals surface area contributed by atoms with Gasteiger partial charge in [0.15, 0.2) is 0 Å². The van der Waals surface area contributed by atoms with Crippen LogP contribution in [0.15, 0.2) is 0 Å². The van der Waals surface area contributed by atoms with Gasteiger partial charge in [0.05, 0.1) is 0 Å². The first-order chi connectivity index (χ1) is 10.9. The lowest BCUT2D eigenvalue weighted by atomic mass is 10.0. The third-order valence-corrected chi connectivity index (χ3v) is 5.03. The molecule has 1 aliphatic rings. The first-order valence-electron chi connectivity index (χ1n) is 7.94. The quantitative estimate of drug-likeness (QED) is 0.514. The Morgan fingerprint density at radius 2 is 1.87 bits per heavy atom. The SMILES string of the molecule is CCC(=O)O[C@H](C)OC(=O)NC[C@H](SC1CCCCC1)C(=O)O. The molecule has 132 valence electrons. The van der Waals surface area contributed by atoms with Gasteiger partial charge in [0, 0.05) is 25.1 Å². The maximum Gasteiger partial charge on any atom is 0.410 e. The number of rotatable bonds is 8. The van der Waals surface area contributed by atoms with Crippen molar-refractivity contribution in [3.8, 4) is 0 Å². The van der Waals surface area contributed by atoms with Crippen LogP contribution in [0.5, 0.6) is 0 Å². The molecule has 1 rings (SSSR count). The van der Waals surface area contributed by atoms with Gasteiger partial charge in [0.1, 0.15) is 5.25 Å². The molecule has 0 bridgehead atoms. The average molecular weight is 347 g/mol. The normalized spacial score (nSPS) is 17.8. The number of hydrogen-bond acceptors (Lipinski definition) is 6. The second-order valence-corrected chi connectivity index (χ2v) is 6.93. The molecule has 0 saturated heterocycles. The summed E-state index contributed by atoms with van der Waals surface area (Å²) in [5.74, 6) is -1.42. The fourth-order valence-electron chi connectivity index (χ4n) is 2.29. The fraction of sp³-hybridized carbons (Fsp3) is 0.800. The molecule has 23 heavy (non-hydrogen) atoms. The van der Waals surface area contributed by atoms with Crippen molar-refractivity contribution in [1.29, 1.82) is 0 Å². The molecule has 1 saturated carbocycles. The number of nitrogens with one attached hydrogen (secondary N) is 1. The molecular formula is C15H25NO6S. The molecule has 0 aromatic rings. The maximum absolute atomic E-state index is 11.6. The molecule has 0 aromatic heterocycles. The summed E-state index contributed by atoms with van der Waals surface area (Å²) in [4.78, 5) is 34.0. The molecule has 2 N–H and O–H groups in total. The minimum absolute atomic E-state index is 0.0240. The van der Waals surface area contributed by atoms with Gasteiger partial charge in [0.25, 0.3) is 0 Å². The van der Waals surface area contributed by atoms with E-state index in [9.17, 15) is 19.5 Å². The molecule has 0 aromatic carbocycles. The predicted octanol–water partition coefficient (Wildman–Crippen LogP) is 2.53. The highest BCUT2D eigenvalue weighted by atomic mass is 32.2. The first-order valence-corrected chi connectivity index (χ1v) is 8.88. The summed E-state index contributed by atoms with van der Waals surface area (Å²) in [6.07, 6.45) is 3.88. The van der Waals surface area contributed by atoms with Gasteiger partial charge in [-0.2, -0.15) is 0 Å². The Morgan fingerprint density at radius 1 is 1.22 bits per heavy atom. The molecule has 7 nitrogen and oxygen atoms in total. The third kappa shape index (κ3) is 8.11. The van der Waals surface area contributed by atoms with Crippen LogP contribution in [0.1, 0.15) is 52.4 Å². The zero-order valence-electron chi connectivity index (χ0n) is 13.6. The summed E-state index contributed by atoms with van der Waals surface area (Å²) < 4.78 is 9.65. The summed E-state index contributed by atoms with van der Waals surface area (Å²) in [5, 5.41) is 11.3. The number of carboxylic acid groups (broad SMARTS) is 1. The Balaban J connectivity index is 2.34. The van der Waals surface area contributed by atoms with Crippen LogP contribution in [0.2, 0.25) is 0 Å². The Kier molecular flexibility index (Phi) is 8.83. The van der Waals surface area contributed by atoms with Crippen LogP contribution in [0.3, 0.4) is 0 Å². The van der Waals surface area contributed by atoms with Crippen molar-refractivity contribution >= 4 is 29.8 Å². The Bertz CT molecular complexity index is 411. The first kappa shape index (κ1) is 19.6. The average Bonchev–Trinajstić information content (AvgIpc) is 2.51. The van der Waals surface area contributed by atoms with E-state index in [2.05, 4.69) is 5.32 Å². The highest BCUT2D eigenvalue weighted by molar-refractivity contribution is 8.01. The van der Waals surface area contributed by atoms with Gasteiger partial charge in [0.2, 0.25) is 6.29 Å². The zero-order chi connectivity index (χ0) is 17.2. The minimum atomic E-state index is -1.00. The van der Waals surface area contributed by atoms with Crippen molar-refractivity contribution in [1.82, 2.24) is 5.32 Å². The molecule has 2 atom stereocenters. The molecule has 0 unspecified atom stereocenters. The van der Waals surface area contributed by atoms with Crippen molar-refractivity contribution < 1.29 is 29.0 Å². The van der Waals surface area contributed by atoms with E-state index in [1.165, 1.54) is 25.1 Å². The van der Waals surface area contributed by atoms with E-state index < -0.39 is 29.6 Å². The lowest BCUT2D eigenvalue weighted by molar-refractivity contribution is -0.164. The number of ether oxygens (including phenoxy) is 2. The summed E-state index contributed by atoms with van der Waals surface area (Å²) in [5.41, 5.74) is 0. The molecule has 0 spiro atoms. The number of thioether (sulfide) groups is 1. The largest absolute Gasteiger partial charge is 0.480 e. The topological polar surface area (TPSA) is 102 Å². The molecule has 1 fully saturated rings. The third-order valence-electron chi connectivity index (χ3n) is 3.48. The van der Waals surface area contributed by atoms with Crippen molar-refractivity contribution in [3.05, 3.63) is 0 Å². The highest BCUT2D eigenvalue weighted by Gasteiger charge is 2.25. The fourth-order valence-corrected chi connectivity index (χ4v) is 3.65. The summed E-state index contributed by atoms with van der Waals surface area (Å²) >= 11 is 1.39. The van der Waals surface area contributed by atoms with Gasteiger partial charge in [-0.3, -0.25) is 9.59 Å². The van der Waals surface area contributed by atoms with E-state index in [1.807, 2.05) is 0 Å². The number of carbonyl (C=O) groups excluding carboxylic acids is 2. The van der Waals surface area contributed by atoms with Crippen LogP contribution in [0.25, 0.3) is 0 Å². The van der Waals surface area contributed by atoms with Crippen molar-refractivity contribution in [2.24, 2.45) is 0 Å². The molecule has 1 amide bonds. The van der Waals surface area contributed by atoms with Gasteiger partial charge < -0.3 is 19.9 Å². The van der Waals surface area contributed by atoms with Crippen LogP contribution in [-0.2, 0) is 19.1 Å². The standard InChI is InChI=1S/C15H25NO6S/c1-3-13(17)21-10(2)22-15(20)16-9-12(14(18)19)23-11-7-5-4-6-8-11/h10-12H,3-9H2,1-2H3,(H,16,20)(H,18,19)/t10-,12-/m0/s1. The highest BCUT2D eigenvalue weighted by Crippen LogP contribution is 2.31. The van der Waals surface area contributed by atoms with Gasteiger partial charge in [-0.25, -0.2) is 4.79 Å². The van der Waals surface area contributed by atoms with Crippen LogP contribution in [0, 0.1) is 0 Å². The smallest absolute Gasteiger partial charge is 0.410 e. The molecule has 8 heteroatoms. The number of aliphatic carboxylic acids is 1. The predicted molar refractivity (Wildman–Crippen MR) is 86.2 cm³/mol. The molecule has 1 aliphatic carbocycles. The van der Waals surface area contributed by atoms with E-state index in [0.29, 0.717) is 5.25 Å². The number of amides is 1. The summed E-state index contributed by atoms with van der Waals surface area (Å²) in [6, 6.07) is 0. The van der Waals surface area contributed by atoms with E-state index >= 15 is 0 Å². The van der Waals surface area contributed by atoms with E-state index in [1.54, 1.807) is 6.92 Å². The van der Waals surface area contributed by atoms with Crippen LogP contribution < -0.4 is 5.32 Å². The van der Waals surface area contributed by atoms with Crippen molar-refractivity contribution in [2.45, 2.75) is 69.2 Å². The summed E-state index contributed by atoms with van der Waals surface area (Å²) in [6.45, 7) is 3.04. The number of carboxylic acids is 1. The maximum atomic E-state index is 11.6. The van der Waals surface area contributed by atoms with Crippen molar-refractivity contribution in [3.63, 3.8) is 0 Å². The zero-order valence-corrected chi connectivity index (χ0v) is 14.4. The van der Waals surface area contributed by atoms with Gasteiger partial charge in [-0.15, -0.1) is 11.8 Å². The van der Waals surface area contributed by atoms with Gasteiger partial charge in [-0.05, 0) is 12.8 Å². The Morgan fingerprint density at radius 3 is 2.43 bits per heavy atom. The lowest BCUT2D eigenvalue weighted by Gasteiger charge is -2.24. The number of esters is 1. The molecule has 0 heterocycles. The second kappa shape index (κ2) is 10.4. The van der Waals surface area contributed by atoms with E-state index in [4.69, 9.17) is 9.47 Å².